The summed E-state index contributed by atoms with van der Waals surface area (Å²) in [6.07, 6.45) is 0.181. The lowest BCUT2D eigenvalue weighted by Gasteiger charge is -2.05. The second-order valence-electron chi connectivity index (χ2n) is 6.84. The van der Waals surface area contributed by atoms with Gasteiger partial charge in [0.05, 0.1) is 10.6 Å². The highest BCUT2D eigenvalue weighted by Gasteiger charge is 2.17. The Kier molecular flexibility index (Phi) is 5.37. The van der Waals surface area contributed by atoms with Gasteiger partial charge in [0.1, 0.15) is 5.58 Å². The molecule has 154 valence electrons. The SMILES string of the molecule is Cc1ccc(S(=O)(=O)CCCC(=O)Nc2nnc(-c3cc4ccccc4o3)o2)cc1. The van der Waals surface area contributed by atoms with Gasteiger partial charge in [0.25, 0.3) is 5.89 Å². The van der Waals surface area contributed by atoms with Crippen LogP contribution in [0.1, 0.15) is 18.4 Å². The van der Waals surface area contributed by atoms with Gasteiger partial charge in [0, 0.05) is 11.8 Å². The lowest BCUT2D eigenvalue weighted by atomic mass is 10.2. The molecule has 2 heterocycles. The number of carbonyl (C=O) groups excluding carboxylic acids is 1. The van der Waals surface area contributed by atoms with Gasteiger partial charge in [-0.3, -0.25) is 10.1 Å². The number of sulfone groups is 1. The Morgan fingerprint density at radius 2 is 1.80 bits per heavy atom. The van der Waals surface area contributed by atoms with E-state index in [1.165, 1.54) is 0 Å². The van der Waals surface area contributed by atoms with E-state index in [9.17, 15) is 13.2 Å². The summed E-state index contributed by atoms with van der Waals surface area (Å²) in [5, 5.41) is 11.0. The number of rotatable bonds is 7. The third-order valence-corrected chi connectivity index (χ3v) is 6.32. The van der Waals surface area contributed by atoms with Crippen molar-refractivity contribution >= 4 is 32.7 Å². The number of carbonyl (C=O) groups is 1. The van der Waals surface area contributed by atoms with Crippen LogP contribution in [-0.2, 0) is 14.6 Å². The van der Waals surface area contributed by atoms with Crippen molar-refractivity contribution in [2.24, 2.45) is 0 Å². The molecule has 0 fully saturated rings. The van der Waals surface area contributed by atoms with Crippen LogP contribution in [0.3, 0.4) is 0 Å². The van der Waals surface area contributed by atoms with Gasteiger partial charge in [0.2, 0.25) is 5.91 Å². The minimum atomic E-state index is -3.43. The first kappa shape index (κ1) is 19.8. The molecule has 0 saturated heterocycles. The summed E-state index contributed by atoms with van der Waals surface area (Å²) in [6.45, 7) is 1.89. The van der Waals surface area contributed by atoms with E-state index in [1.807, 2.05) is 31.2 Å². The Hall–Kier alpha value is -3.46. The zero-order chi connectivity index (χ0) is 21.1. The van der Waals surface area contributed by atoms with Gasteiger partial charge in [-0.1, -0.05) is 41.0 Å². The van der Waals surface area contributed by atoms with E-state index in [4.69, 9.17) is 8.83 Å². The standard InChI is InChI=1S/C21H19N3O5S/c1-14-8-10-16(11-9-14)30(26,27)12-4-7-19(25)22-21-24-23-20(29-21)18-13-15-5-2-3-6-17(15)28-18/h2-3,5-6,8-11,13H,4,7,12H2,1H3,(H,22,24,25). The first-order chi connectivity index (χ1) is 14.4. The lowest BCUT2D eigenvalue weighted by Crippen LogP contribution is -2.14. The maximum atomic E-state index is 12.3. The second-order valence-corrected chi connectivity index (χ2v) is 8.95. The van der Waals surface area contributed by atoms with Crippen LogP contribution < -0.4 is 5.32 Å². The zero-order valence-electron chi connectivity index (χ0n) is 16.2. The molecule has 4 aromatic rings. The van der Waals surface area contributed by atoms with Crippen molar-refractivity contribution in [1.29, 1.82) is 0 Å². The number of para-hydroxylation sites is 1. The molecular formula is C21H19N3O5S. The number of nitrogens with zero attached hydrogens (tertiary/aromatic N) is 2. The van der Waals surface area contributed by atoms with Gasteiger partial charge in [-0.2, -0.15) is 0 Å². The highest BCUT2D eigenvalue weighted by Crippen LogP contribution is 2.27. The van der Waals surface area contributed by atoms with Crippen LogP contribution in [0, 0.1) is 6.92 Å². The maximum Gasteiger partial charge on any atom is 0.322 e. The summed E-state index contributed by atoms with van der Waals surface area (Å²) in [4.78, 5) is 12.4. The number of nitrogens with one attached hydrogen (secondary N) is 1. The fourth-order valence-corrected chi connectivity index (χ4v) is 4.24. The Balaban J connectivity index is 1.33. The number of fused-ring (bicyclic) bond motifs is 1. The quantitative estimate of drug-likeness (QED) is 0.476. The second kappa shape index (κ2) is 8.11. The molecule has 8 nitrogen and oxygen atoms in total. The molecule has 0 radical (unpaired) electrons. The molecule has 1 amide bonds. The van der Waals surface area contributed by atoms with E-state index in [-0.39, 0.29) is 35.4 Å². The largest absolute Gasteiger partial charge is 0.451 e. The van der Waals surface area contributed by atoms with Gasteiger partial charge < -0.3 is 8.83 Å². The zero-order valence-corrected chi connectivity index (χ0v) is 17.0. The normalized spacial score (nSPS) is 11.6. The van der Waals surface area contributed by atoms with Crippen molar-refractivity contribution in [3.63, 3.8) is 0 Å². The fourth-order valence-electron chi connectivity index (χ4n) is 2.93. The molecule has 0 aliphatic rings. The average Bonchev–Trinajstić information content (AvgIpc) is 3.34. The van der Waals surface area contributed by atoms with E-state index in [1.54, 1.807) is 30.3 Å². The predicted molar refractivity (Wildman–Crippen MR) is 111 cm³/mol. The lowest BCUT2D eigenvalue weighted by molar-refractivity contribution is -0.116. The Morgan fingerprint density at radius 1 is 1.03 bits per heavy atom. The fraction of sp³-hybridized carbons (Fsp3) is 0.190. The highest BCUT2D eigenvalue weighted by atomic mass is 32.2. The van der Waals surface area contributed by atoms with E-state index >= 15 is 0 Å². The number of hydrogen-bond donors (Lipinski definition) is 1. The summed E-state index contributed by atoms with van der Waals surface area (Å²) in [5.41, 5.74) is 1.67. The monoisotopic (exact) mass is 425 g/mol. The van der Waals surface area contributed by atoms with Crippen molar-refractivity contribution < 1.29 is 22.0 Å². The molecule has 0 aliphatic carbocycles. The van der Waals surface area contributed by atoms with Crippen LogP contribution in [0.5, 0.6) is 0 Å². The maximum absolute atomic E-state index is 12.3. The van der Waals surface area contributed by atoms with Crippen molar-refractivity contribution in [2.75, 3.05) is 11.1 Å². The van der Waals surface area contributed by atoms with Gasteiger partial charge in [0.15, 0.2) is 15.6 Å². The van der Waals surface area contributed by atoms with Crippen LogP contribution in [0.15, 0.2) is 68.3 Å². The summed E-state index contributed by atoms with van der Waals surface area (Å²) in [7, 11) is -3.43. The number of amides is 1. The summed E-state index contributed by atoms with van der Waals surface area (Å²) in [6, 6.07) is 15.8. The number of aromatic nitrogens is 2. The van der Waals surface area contributed by atoms with Gasteiger partial charge in [-0.25, -0.2) is 8.42 Å². The van der Waals surface area contributed by atoms with E-state index < -0.39 is 15.7 Å². The molecule has 0 atom stereocenters. The van der Waals surface area contributed by atoms with Crippen molar-refractivity contribution in [2.45, 2.75) is 24.7 Å². The van der Waals surface area contributed by atoms with Crippen molar-refractivity contribution in [1.82, 2.24) is 10.2 Å². The molecular weight excluding hydrogens is 406 g/mol. The van der Waals surface area contributed by atoms with E-state index in [0.29, 0.717) is 11.3 Å². The molecule has 0 aliphatic heterocycles. The minimum Gasteiger partial charge on any atom is -0.451 e. The first-order valence-corrected chi connectivity index (χ1v) is 11.0. The van der Waals surface area contributed by atoms with Crippen molar-refractivity contribution in [3.8, 4) is 11.7 Å². The summed E-state index contributed by atoms with van der Waals surface area (Å²) >= 11 is 0. The predicted octanol–water partition coefficient (Wildman–Crippen LogP) is 3.98. The molecule has 1 N–H and O–H groups in total. The van der Waals surface area contributed by atoms with Crippen LogP contribution in [-0.4, -0.2) is 30.3 Å². The van der Waals surface area contributed by atoms with Crippen LogP contribution in [0.25, 0.3) is 22.6 Å². The Bertz CT molecular complexity index is 1260. The van der Waals surface area contributed by atoms with Crippen LogP contribution >= 0.6 is 0 Å². The Morgan fingerprint density at radius 3 is 2.57 bits per heavy atom. The number of benzene rings is 2. The van der Waals surface area contributed by atoms with Gasteiger partial charge in [-0.15, -0.1) is 5.10 Å². The van der Waals surface area contributed by atoms with Crippen molar-refractivity contribution in [3.05, 3.63) is 60.2 Å². The van der Waals surface area contributed by atoms with Crippen LogP contribution in [0.2, 0.25) is 0 Å². The minimum absolute atomic E-state index is 0.00738. The number of hydrogen-bond acceptors (Lipinski definition) is 7. The molecule has 0 bridgehead atoms. The first-order valence-electron chi connectivity index (χ1n) is 9.32. The molecule has 2 aromatic carbocycles. The topological polar surface area (TPSA) is 115 Å². The summed E-state index contributed by atoms with van der Waals surface area (Å²) < 4.78 is 35.7. The van der Waals surface area contributed by atoms with Gasteiger partial charge in [-0.05, 0) is 37.6 Å². The molecule has 0 spiro atoms. The average molecular weight is 425 g/mol. The van der Waals surface area contributed by atoms with Crippen LogP contribution in [0.4, 0.5) is 6.01 Å². The third kappa shape index (κ3) is 4.41. The molecule has 9 heteroatoms. The molecule has 4 rings (SSSR count). The molecule has 0 unspecified atom stereocenters. The molecule has 2 aromatic heterocycles. The molecule has 0 saturated carbocycles. The van der Waals surface area contributed by atoms with E-state index in [2.05, 4.69) is 15.5 Å². The number of furan rings is 1. The van der Waals surface area contributed by atoms with E-state index in [0.717, 1.165) is 10.9 Å². The highest BCUT2D eigenvalue weighted by molar-refractivity contribution is 7.91. The third-order valence-electron chi connectivity index (χ3n) is 4.50. The van der Waals surface area contributed by atoms with Gasteiger partial charge >= 0.3 is 6.01 Å². The number of aryl methyl sites for hydroxylation is 1. The molecule has 30 heavy (non-hydrogen) atoms. The number of anilines is 1. The smallest absolute Gasteiger partial charge is 0.322 e. The summed E-state index contributed by atoms with van der Waals surface area (Å²) in [5.74, 6) is 0.00289. The Labute approximate surface area is 172 Å².